The highest BCUT2D eigenvalue weighted by atomic mass is 16.5. The van der Waals surface area contributed by atoms with E-state index in [9.17, 15) is 0 Å². The number of para-hydroxylation sites is 1. The number of aryl methyl sites for hydroxylation is 1. The summed E-state index contributed by atoms with van der Waals surface area (Å²) in [6, 6.07) is 16.7. The van der Waals surface area contributed by atoms with Crippen molar-refractivity contribution in [2.75, 3.05) is 18.2 Å². The van der Waals surface area contributed by atoms with Crippen molar-refractivity contribution in [3.8, 4) is 5.75 Å². The molecule has 128 valence electrons. The van der Waals surface area contributed by atoms with E-state index in [0.717, 1.165) is 17.7 Å². The van der Waals surface area contributed by atoms with Crippen molar-refractivity contribution in [1.29, 1.82) is 0 Å². The van der Waals surface area contributed by atoms with E-state index in [2.05, 4.69) is 52.7 Å². The van der Waals surface area contributed by atoms with E-state index in [-0.39, 0.29) is 18.0 Å². The first-order valence-electron chi connectivity index (χ1n) is 8.33. The molecular weight excluding hydrogens is 314 g/mol. The number of nitrogen functional groups attached to an aromatic ring is 1. The van der Waals surface area contributed by atoms with E-state index in [4.69, 9.17) is 10.5 Å². The molecule has 0 saturated carbocycles. The minimum absolute atomic E-state index is 0.00324. The number of ether oxygens (including phenoxy) is 1. The molecule has 0 radical (unpaired) electrons. The van der Waals surface area contributed by atoms with Gasteiger partial charge in [-0.2, -0.15) is 4.98 Å². The molecule has 6 heteroatoms. The minimum atomic E-state index is 0.00324. The van der Waals surface area contributed by atoms with Crippen LogP contribution in [0.3, 0.4) is 0 Å². The standard InChI is InChI=1S/C19H21N5O/c1-12-7-9-13(10-8-12)15-11-16(14-5-3-4-6-17(14)25-2)24-19(21-15)22-18(20)23-24/h3-10,15-16H,11H2,1-2H3,(H3,20,21,22,23)/t15-,16+/m0/s1. The van der Waals surface area contributed by atoms with Crippen molar-refractivity contribution >= 4 is 11.9 Å². The van der Waals surface area contributed by atoms with E-state index in [1.54, 1.807) is 7.11 Å². The Bertz CT molecular complexity index is 887. The number of aromatic nitrogens is 3. The van der Waals surface area contributed by atoms with Crippen molar-refractivity contribution in [2.45, 2.75) is 25.4 Å². The number of methoxy groups -OCH3 is 1. The van der Waals surface area contributed by atoms with E-state index in [1.807, 2.05) is 22.9 Å². The molecule has 0 saturated heterocycles. The fourth-order valence-electron chi connectivity index (χ4n) is 3.41. The van der Waals surface area contributed by atoms with Crippen LogP contribution in [0.15, 0.2) is 48.5 Å². The summed E-state index contributed by atoms with van der Waals surface area (Å²) in [5.41, 5.74) is 9.40. The third-order valence-electron chi connectivity index (χ3n) is 4.68. The summed E-state index contributed by atoms with van der Waals surface area (Å²) in [5.74, 6) is 1.80. The second-order valence-corrected chi connectivity index (χ2v) is 6.34. The largest absolute Gasteiger partial charge is 0.496 e. The molecule has 1 aromatic heterocycles. The monoisotopic (exact) mass is 335 g/mol. The Morgan fingerprint density at radius 3 is 2.68 bits per heavy atom. The van der Waals surface area contributed by atoms with Gasteiger partial charge in [0.2, 0.25) is 11.9 Å². The second-order valence-electron chi connectivity index (χ2n) is 6.34. The molecule has 0 spiro atoms. The highest BCUT2D eigenvalue weighted by molar-refractivity contribution is 5.45. The van der Waals surface area contributed by atoms with Crippen LogP contribution in [-0.4, -0.2) is 21.9 Å². The van der Waals surface area contributed by atoms with Crippen LogP contribution >= 0.6 is 0 Å². The minimum Gasteiger partial charge on any atom is -0.496 e. The lowest BCUT2D eigenvalue weighted by Gasteiger charge is -2.32. The molecule has 2 atom stereocenters. The van der Waals surface area contributed by atoms with Crippen LogP contribution in [-0.2, 0) is 0 Å². The third-order valence-corrected chi connectivity index (χ3v) is 4.68. The van der Waals surface area contributed by atoms with Crippen molar-refractivity contribution in [1.82, 2.24) is 14.8 Å². The Kier molecular flexibility index (Phi) is 3.80. The Hall–Kier alpha value is -3.02. The quantitative estimate of drug-likeness (QED) is 0.768. The Morgan fingerprint density at radius 1 is 1.16 bits per heavy atom. The predicted octanol–water partition coefficient (Wildman–Crippen LogP) is 3.32. The molecular formula is C19H21N5O. The van der Waals surface area contributed by atoms with Gasteiger partial charge >= 0.3 is 0 Å². The van der Waals surface area contributed by atoms with Gasteiger partial charge in [0.15, 0.2) is 0 Å². The van der Waals surface area contributed by atoms with Crippen LogP contribution in [0.5, 0.6) is 5.75 Å². The van der Waals surface area contributed by atoms with Gasteiger partial charge in [-0.1, -0.05) is 48.0 Å². The van der Waals surface area contributed by atoms with Gasteiger partial charge in [-0.15, -0.1) is 5.10 Å². The Balaban J connectivity index is 1.78. The highest BCUT2D eigenvalue weighted by Gasteiger charge is 2.32. The molecule has 1 aliphatic rings. The lowest BCUT2D eigenvalue weighted by molar-refractivity contribution is 0.380. The smallest absolute Gasteiger partial charge is 0.241 e. The van der Waals surface area contributed by atoms with Crippen LogP contribution in [0.4, 0.5) is 11.9 Å². The molecule has 0 aliphatic carbocycles. The molecule has 3 aromatic rings. The molecule has 0 fully saturated rings. The van der Waals surface area contributed by atoms with Gasteiger partial charge < -0.3 is 15.8 Å². The number of nitrogens with one attached hydrogen (secondary N) is 1. The zero-order valence-corrected chi connectivity index (χ0v) is 14.3. The number of anilines is 2. The summed E-state index contributed by atoms with van der Waals surface area (Å²) in [7, 11) is 1.69. The molecule has 2 heterocycles. The highest BCUT2D eigenvalue weighted by Crippen LogP contribution is 2.40. The Labute approximate surface area is 146 Å². The number of hydrogen-bond donors (Lipinski definition) is 2. The van der Waals surface area contributed by atoms with E-state index >= 15 is 0 Å². The molecule has 6 nitrogen and oxygen atoms in total. The van der Waals surface area contributed by atoms with Crippen molar-refractivity contribution in [2.24, 2.45) is 0 Å². The number of nitrogens with two attached hydrogens (primary N) is 1. The molecule has 25 heavy (non-hydrogen) atoms. The predicted molar refractivity (Wildman–Crippen MR) is 97.7 cm³/mol. The van der Waals surface area contributed by atoms with Crippen LogP contribution in [0.1, 0.15) is 35.2 Å². The van der Waals surface area contributed by atoms with Crippen molar-refractivity contribution in [3.63, 3.8) is 0 Å². The van der Waals surface area contributed by atoms with Crippen molar-refractivity contribution in [3.05, 3.63) is 65.2 Å². The summed E-state index contributed by atoms with van der Waals surface area (Å²) in [5, 5.41) is 7.85. The fourth-order valence-corrected chi connectivity index (χ4v) is 3.41. The maximum absolute atomic E-state index is 5.86. The normalized spacial score (nSPS) is 19.1. The zero-order valence-electron chi connectivity index (χ0n) is 14.3. The first kappa shape index (κ1) is 15.5. The van der Waals surface area contributed by atoms with E-state index in [0.29, 0.717) is 5.95 Å². The topological polar surface area (TPSA) is 78.0 Å². The molecule has 0 amide bonds. The van der Waals surface area contributed by atoms with E-state index < -0.39 is 0 Å². The van der Waals surface area contributed by atoms with Crippen LogP contribution < -0.4 is 15.8 Å². The number of hydrogen-bond acceptors (Lipinski definition) is 5. The average molecular weight is 335 g/mol. The maximum atomic E-state index is 5.86. The first-order chi connectivity index (χ1) is 12.2. The van der Waals surface area contributed by atoms with Crippen LogP contribution in [0.25, 0.3) is 0 Å². The first-order valence-corrected chi connectivity index (χ1v) is 8.33. The molecule has 1 aliphatic heterocycles. The van der Waals surface area contributed by atoms with Gasteiger partial charge in [0.1, 0.15) is 5.75 Å². The molecule has 0 bridgehead atoms. The van der Waals surface area contributed by atoms with E-state index in [1.165, 1.54) is 11.1 Å². The molecule has 3 N–H and O–H groups in total. The fraction of sp³-hybridized carbons (Fsp3) is 0.263. The molecule has 4 rings (SSSR count). The average Bonchev–Trinajstić information content (AvgIpc) is 3.01. The van der Waals surface area contributed by atoms with Gasteiger partial charge in [0, 0.05) is 5.56 Å². The summed E-state index contributed by atoms with van der Waals surface area (Å²) >= 11 is 0. The van der Waals surface area contributed by atoms with Crippen LogP contribution in [0, 0.1) is 6.92 Å². The lowest BCUT2D eigenvalue weighted by Crippen LogP contribution is -2.28. The van der Waals surface area contributed by atoms with Gasteiger partial charge in [-0.3, -0.25) is 0 Å². The maximum Gasteiger partial charge on any atom is 0.241 e. The SMILES string of the molecule is COc1ccccc1[C@H]1C[C@@H](c2ccc(C)cc2)Nc2nc(N)nn21. The number of fused-ring (bicyclic) bond motifs is 1. The lowest BCUT2D eigenvalue weighted by atomic mass is 9.92. The van der Waals surface area contributed by atoms with Gasteiger partial charge in [0.25, 0.3) is 0 Å². The van der Waals surface area contributed by atoms with Crippen molar-refractivity contribution < 1.29 is 4.74 Å². The van der Waals surface area contributed by atoms with Gasteiger partial charge in [-0.25, -0.2) is 4.68 Å². The zero-order chi connectivity index (χ0) is 17.4. The third kappa shape index (κ3) is 2.80. The van der Waals surface area contributed by atoms with Gasteiger partial charge in [0.05, 0.1) is 19.2 Å². The number of benzene rings is 2. The molecule has 0 unspecified atom stereocenters. The van der Waals surface area contributed by atoms with Crippen LogP contribution in [0.2, 0.25) is 0 Å². The summed E-state index contributed by atoms with van der Waals surface area (Å²) in [6.07, 6.45) is 0.833. The Morgan fingerprint density at radius 2 is 1.92 bits per heavy atom. The van der Waals surface area contributed by atoms with Gasteiger partial charge in [-0.05, 0) is 25.0 Å². The summed E-state index contributed by atoms with van der Waals surface area (Å²) in [4.78, 5) is 4.35. The number of rotatable bonds is 3. The second kappa shape index (κ2) is 6.12. The molecule has 2 aromatic carbocycles. The summed E-state index contributed by atoms with van der Waals surface area (Å²) < 4.78 is 7.42. The summed E-state index contributed by atoms with van der Waals surface area (Å²) in [6.45, 7) is 2.09. The number of nitrogens with zero attached hydrogens (tertiary/aromatic N) is 3.